The smallest absolute Gasteiger partial charge is 0.0571 e. The van der Waals surface area contributed by atoms with Gasteiger partial charge in [0.2, 0.25) is 0 Å². The maximum atomic E-state index is 3.03. The first-order chi connectivity index (χ1) is 2.27. The van der Waals surface area contributed by atoms with E-state index in [4.69, 9.17) is 0 Å². The van der Waals surface area contributed by atoms with Crippen molar-refractivity contribution in [3.05, 3.63) is 6.17 Å². The van der Waals surface area contributed by atoms with Gasteiger partial charge in [0.25, 0.3) is 0 Å². The molecule has 0 aromatic rings. The number of hydrogen-bond donors (Lipinski definition) is 0. The van der Waals surface area contributed by atoms with Crippen molar-refractivity contribution >= 4 is 10.2 Å². The van der Waals surface area contributed by atoms with Crippen molar-refractivity contribution < 1.29 is 0 Å². The van der Waals surface area contributed by atoms with E-state index in [-0.39, 0.29) is 0 Å². The predicted octanol–water partition coefficient (Wildman–Crippen LogP) is -0.287. The van der Waals surface area contributed by atoms with Crippen LogP contribution >= 0.6 is 0 Å². The molecule has 0 aromatic heterocycles. The second-order valence-corrected chi connectivity index (χ2v) is 1.23. The number of rotatable bonds is 1. The molecule has 0 aromatic carbocycles. The van der Waals surface area contributed by atoms with Crippen molar-refractivity contribution in [1.29, 1.82) is 0 Å². The third-order valence-corrected chi connectivity index (χ3v) is 0.671. The van der Waals surface area contributed by atoms with Crippen LogP contribution in [0.1, 0.15) is 0 Å². The molecule has 0 amide bonds. The Labute approximate surface area is 36.4 Å². The van der Waals surface area contributed by atoms with Crippen LogP contribution in [-0.2, 0) is 0 Å². The van der Waals surface area contributed by atoms with Crippen LogP contribution in [0.3, 0.4) is 0 Å². The van der Waals surface area contributed by atoms with E-state index >= 15 is 0 Å². The Balaban J connectivity index is 2.54. The van der Waals surface area contributed by atoms with E-state index in [2.05, 4.69) is 16.4 Å². The van der Waals surface area contributed by atoms with Crippen molar-refractivity contribution in [3.8, 4) is 0 Å². The monoisotopic (exact) mass is 84.0 g/mol. The fourth-order valence-electron chi connectivity index (χ4n) is 0. The summed E-state index contributed by atoms with van der Waals surface area (Å²) in [6.07, 6.45) is 2.67. The molecule has 0 saturated heterocycles. The summed E-state index contributed by atoms with van der Waals surface area (Å²) in [5, 5.41) is 0. The van der Waals surface area contributed by atoms with Crippen molar-refractivity contribution in [3.63, 3.8) is 0 Å². The van der Waals surface area contributed by atoms with Crippen molar-refractivity contribution in [2.24, 2.45) is 0 Å². The molecule has 0 N–H and O–H groups in total. The Morgan fingerprint density at radius 2 is 1.80 bits per heavy atom. The zero-order valence-electron chi connectivity index (χ0n) is 3.45. The second-order valence-electron chi connectivity index (χ2n) is 1.01. The van der Waals surface area contributed by atoms with Gasteiger partial charge in [0.05, 0.1) is 10.2 Å². The van der Waals surface area contributed by atoms with Crippen LogP contribution < -0.4 is 0 Å². The van der Waals surface area contributed by atoms with Gasteiger partial charge in [-0.25, -0.2) is 0 Å². The first-order valence-corrected chi connectivity index (χ1v) is 1.87. The lowest BCUT2D eigenvalue weighted by molar-refractivity contribution is 0.539. The summed E-state index contributed by atoms with van der Waals surface area (Å²) in [7, 11) is 6.82. The molecule has 0 aliphatic heterocycles. The maximum Gasteiger partial charge on any atom is 0.0571 e. The van der Waals surface area contributed by atoms with Gasteiger partial charge in [-0.05, 0) is 14.1 Å². The molecule has 2 heteroatoms. The molecule has 5 radical (unpaired) electrons. The largest absolute Gasteiger partial charge is 0.304 e. The van der Waals surface area contributed by atoms with E-state index in [0.717, 1.165) is 0 Å². The van der Waals surface area contributed by atoms with E-state index in [1.165, 1.54) is 0 Å². The topological polar surface area (TPSA) is 3.24 Å². The van der Waals surface area contributed by atoms with Gasteiger partial charge < -0.3 is 4.90 Å². The summed E-state index contributed by atoms with van der Waals surface area (Å²) in [5.41, 5.74) is 0. The quantitative estimate of drug-likeness (QED) is 0.312. The van der Waals surface area contributed by atoms with Crippen molar-refractivity contribution in [2.75, 3.05) is 14.1 Å². The van der Waals surface area contributed by atoms with E-state index in [9.17, 15) is 0 Å². The molecule has 0 unspecified atom stereocenters. The molecule has 27 valence electrons. The highest BCUT2D eigenvalue weighted by atomic mass is 28.1. The lowest BCUT2D eigenvalue weighted by Gasteiger charge is -1.98. The average Bonchev–Trinajstić information content (AvgIpc) is 1.38. The molecule has 1 nitrogen and oxygen atoms in total. The minimum atomic E-state index is 1.79. The van der Waals surface area contributed by atoms with Crippen LogP contribution in [-0.4, -0.2) is 29.2 Å². The summed E-state index contributed by atoms with van der Waals surface area (Å²) in [6.45, 7) is 0. The molecule has 0 spiro atoms. The molecule has 0 aliphatic rings. The second kappa shape index (κ2) is 2.42. The minimum Gasteiger partial charge on any atom is -0.304 e. The van der Waals surface area contributed by atoms with Crippen molar-refractivity contribution in [2.45, 2.75) is 0 Å². The SMILES string of the molecule is CN(C)[C][Si]. The van der Waals surface area contributed by atoms with Crippen LogP contribution in [0.5, 0.6) is 0 Å². The minimum absolute atomic E-state index is 1.79. The first kappa shape index (κ1) is 5.18. The molecule has 0 saturated carbocycles. The van der Waals surface area contributed by atoms with Gasteiger partial charge in [0.1, 0.15) is 0 Å². The molecule has 0 atom stereocenters. The summed E-state index contributed by atoms with van der Waals surface area (Å²) in [4.78, 5) is 1.79. The van der Waals surface area contributed by atoms with Crippen LogP contribution in [0, 0.1) is 6.17 Å². The molecule has 0 fully saturated rings. The fraction of sp³-hybridized carbons (Fsp3) is 0.667. The molecule has 0 aliphatic carbocycles. The maximum absolute atomic E-state index is 3.03. The average molecular weight is 84.2 g/mol. The van der Waals surface area contributed by atoms with Gasteiger partial charge in [0, 0.05) is 6.17 Å². The molecular weight excluding hydrogens is 78.1 g/mol. The summed E-state index contributed by atoms with van der Waals surface area (Å²) in [6, 6.07) is 0. The van der Waals surface area contributed by atoms with Gasteiger partial charge in [-0.3, -0.25) is 0 Å². The third kappa shape index (κ3) is 4.18. The lowest BCUT2D eigenvalue weighted by atomic mass is 11.0. The Morgan fingerprint density at radius 3 is 1.80 bits per heavy atom. The molecule has 0 bridgehead atoms. The van der Waals surface area contributed by atoms with Crippen LogP contribution in [0.25, 0.3) is 0 Å². The lowest BCUT2D eigenvalue weighted by Crippen LogP contribution is -2.05. The van der Waals surface area contributed by atoms with Gasteiger partial charge in [-0.15, -0.1) is 0 Å². The molecule has 0 heterocycles. The zero-order chi connectivity index (χ0) is 4.28. The van der Waals surface area contributed by atoms with Gasteiger partial charge in [-0.2, -0.15) is 0 Å². The Morgan fingerprint density at radius 1 is 1.60 bits per heavy atom. The molecule has 5 heavy (non-hydrogen) atoms. The summed E-state index contributed by atoms with van der Waals surface area (Å²) >= 11 is 0. The zero-order valence-corrected chi connectivity index (χ0v) is 4.45. The third-order valence-electron chi connectivity index (χ3n) is 0.224. The number of hydrogen-bond acceptors (Lipinski definition) is 1. The van der Waals surface area contributed by atoms with E-state index < -0.39 is 0 Å². The standard InChI is InChI=1S/C3H6NSi/c1-4(2)3-5/h1-2H3. The van der Waals surface area contributed by atoms with E-state index in [0.29, 0.717) is 0 Å². The Kier molecular flexibility index (Phi) is 2.50. The van der Waals surface area contributed by atoms with Crippen LogP contribution in [0.4, 0.5) is 0 Å². The highest BCUT2D eigenvalue weighted by molar-refractivity contribution is 6.14. The van der Waals surface area contributed by atoms with Gasteiger partial charge in [-0.1, -0.05) is 0 Å². The van der Waals surface area contributed by atoms with Crippen LogP contribution in [0.2, 0.25) is 0 Å². The highest BCUT2D eigenvalue weighted by Crippen LogP contribution is 1.67. The van der Waals surface area contributed by atoms with E-state index in [1.54, 1.807) is 4.90 Å². The first-order valence-electron chi connectivity index (χ1n) is 1.37. The van der Waals surface area contributed by atoms with E-state index in [1.807, 2.05) is 14.1 Å². The number of nitrogens with zero attached hydrogens (tertiary/aromatic N) is 1. The summed E-state index contributed by atoms with van der Waals surface area (Å²) in [5.74, 6) is 0. The Bertz CT molecular complexity index is 20.9. The summed E-state index contributed by atoms with van der Waals surface area (Å²) < 4.78 is 0. The van der Waals surface area contributed by atoms with Gasteiger partial charge >= 0.3 is 0 Å². The molecular formula is C3H6NSi. The fourth-order valence-corrected chi connectivity index (χ4v) is 0. The van der Waals surface area contributed by atoms with Crippen LogP contribution in [0.15, 0.2) is 0 Å². The highest BCUT2D eigenvalue weighted by Gasteiger charge is 1.74. The molecule has 0 rings (SSSR count). The Hall–Kier alpha value is 0.177. The van der Waals surface area contributed by atoms with Gasteiger partial charge in [0.15, 0.2) is 0 Å². The van der Waals surface area contributed by atoms with Crippen molar-refractivity contribution in [1.82, 2.24) is 4.90 Å². The predicted molar refractivity (Wildman–Crippen MR) is 22.7 cm³/mol. The normalized spacial score (nSPS) is 9.60.